The minimum absolute atomic E-state index is 0.141. The maximum atomic E-state index is 12.5. The standard InChI is InChI=1S/C19H21N3O3S2/c1-12-10-16-17(11-13(12)2)26-19(22(16)5)20-18(23)14-6-8-15(9-7-14)27(24,25)21(3)4/h6-11H,1-5H3. The zero-order valence-electron chi connectivity index (χ0n) is 15.8. The molecule has 1 amide bonds. The first kappa shape index (κ1) is 19.5. The monoisotopic (exact) mass is 403 g/mol. The fraction of sp³-hybridized carbons (Fsp3) is 0.263. The van der Waals surface area contributed by atoms with Gasteiger partial charge in [-0.1, -0.05) is 11.3 Å². The molecule has 0 radical (unpaired) electrons. The van der Waals surface area contributed by atoms with Crippen LogP contribution in [0.25, 0.3) is 10.2 Å². The number of aromatic nitrogens is 1. The number of benzene rings is 2. The molecule has 0 unspecified atom stereocenters. The van der Waals surface area contributed by atoms with E-state index >= 15 is 0 Å². The van der Waals surface area contributed by atoms with Gasteiger partial charge in [-0.05, 0) is 61.4 Å². The van der Waals surface area contributed by atoms with Crippen LogP contribution in [0.2, 0.25) is 0 Å². The first-order chi connectivity index (χ1) is 12.6. The minimum atomic E-state index is -3.52. The van der Waals surface area contributed by atoms with Crippen LogP contribution in [0.1, 0.15) is 21.5 Å². The van der Waals surface area contributed by atoms with E-state index in [2.05, 4.69) is 31.0 Å². The predicted octanol–water partition coefficient (Wildman–Crippen LogP) is 2.85. The molecule has 0 aliphatic carbocycles. The number of hydrogen-bond acceptors (Lipinski definition) is 4. The Labute approximate surface area is 162 Å². The van der Waals surface area contributed by atoms with Crippen LogP contribution in [0.3, 0.4) is 0 Å². The smallest absolute Gasteiger partial charge is 0.279 e. The first-order valence-electron chi connectivity index (χ1n) is 8.29. The van der Waals surface area contributed by atoms with Gasteiger partial charge in [-0.2, -0.15) is 4.99 Å². The number of aryl methyl sites for hydroxylation is 3. The largest absolute Gasteiger partial charge is 0.319 e. The van der Waals surface area contributed by atoms with Gasteiger partial charge in [0.1, 0.15) is 0 Å². The molecule has 0 spiro atoms. The number of carbonyl (C=O) groups excluding carboxylic acids is 1. The summed E-state index contributed by atoms with van der Waals surface area (Å²) in [5, 5.41) is 0. The predicted molar refractivity (Wildman–Crippen MR) is 107 cm³/mol. The van der Waals surface area contributed by atoms with E-state index < -0.39 is 15.9 Å². The van der Waals surface area contributed by atoms with Crippen molar-refractivity contribution in [3.8, 4) is 0 Å². The molecule has 0 N–H and O–H groups in total. The number of fused-ring (bicyclic) bond motifs is 1. The fourth-order valence-electron chi connectivity index (χ4n) is 2.62. The molecular weight excluding hydrogens is 382 g/mol. The lowest BCUT2D eigenvalue weighted by atomic mass is 10.1. The van der Waals surface area contributed by atoms with Gasteiger partial charge >= 0.3 is 0 Å². The third-order valence-corrected chi connectivity index (χ3v) is 7.43. The van der Waals surface area contributed by atoms with Crippen molar-refractivity contribution in [2.75, 3.05) is 14.1 Å². The molecule has 0 bridgehead atoms. The minimum Gasteiger partial charge on any atom is -0.319 e. The Kier molecular flexibility index (Phi) is 5.07. The molecule has 27 heavy (non-hydrogen) atoms. The summed E-state index contributed by atoms with van der Waals surface area (Å²) < 4.78 is 28.3. The molecule has 3 rings (SSSR count). The van der Waals surface area contributed by atoms with Gasteiger partial charge in [0.05, 0.1) is 15.1 Å². The Bertz CT molecular complexity index is 1200. The van der Waals surface area contributed by atoms with Crippen LogP contribution >= 0.6 is 11.3 Å². The summed E-state index contributed by atoms with van der Waals surface area (Å²) in [4.78, 5) is 17.5. The number of nitrogens with zero attached hydrogens (tertiary/aromatic N) is 3. The lowest BCUT2D eigenvalue weighted by molar-refractivity contribution is 0.0998. The summed E-state index contributed by atoms with van der Waals surface area (Å²) in [6.45, 7) is 4.11. The van der Waals surface area contributed by atoms with Crippen molar-refractivity contribution in [1.29, 1.82) is 0 Å². The Morgan fingerprint density at radius 3 is 2.26 bits per heavy atom. The molecule has 1 aromatic heterocycles. The molecule has 2 aromatic carbocycles. The van der Waals surface area contributed by atoms with Gasteiger partial charge in [0.2, 0.25) is 10.0 Å². The van der Waals surface area contributed by atoms with Gasteiger partial charge in [0.15, 0.2) is 4.80 Å². The highest BCUT2D eigenvalue weighted by molar-refractivity contribution is 7.89. The Morgan fingerprint density at radius 1 is 1.07 bits per heavy atom. The van der Waals surface area contributed by atoms with E-state index in [9.17, 15) is 13.2 Å². The second kappa shape index (κ2) is 7.03. The zero-order valence-corrected chi connectivity index (χ0v) is 17.5. The molecule has 142 valence electrons. The Balaban J connectivity index is 2.00. The van der Waals surface area contributed by atoms with Crippen molar-refractivity contribution >= 4 is 37.5 Å². The highest BCUT2D eigenvalue weighted by Crippen LogP contribution is 2.21. The topological polar surface area (TPSA) is 71.7 Å². The fourth-order valence-corrected chi connectivity index (χ4v) is 4.62. The van der Waals surface area contributed by atoms with Crippen LogP contribution in [0.15, 0.2) is 46.3 Å². The third-order valence-electron chi connectivity index (χ3n) is 4.50. The van der Waals surface area contributed by atoms with Gasteiger partial charge in [0.25, 0.3) is 5.91 Å². The van der Waals surface area contributed by atoms with Crippen molar-refractivity contribution in [2.45, 2.75) is 18.7 Å². The average molecular weight is 404 g/mol. The van der Waals surface area contributed by atoms with Gasteiger partial charge in [0, 0.05) is 26.7 Å². The molecule has 3 aromatic rings. The van der Waals surface area contributed by atoms with Crippen LogP contribution in [-0.4, -0.2) is 37.3 Å². The van der Waals surface area contributed by atoms with Crippen LogP contribution < -0.4 is 4.80 Å². The van der Waals surface area contributed by atoms with Crippen molar-refractivity contribution in [3.05, 3.63) is 57.9 Å². The second-order valence-corrected chi connectivity index (χ2v) is 9.74. The summed E-state index contributed by atoms with van der Waals surface area (Å²) in [6.07, 6.45) is 0. The SMILES string of the molecule is Cc1cc2sc(=NC(=O)c3ccc(S(=O)(=O)N(C)C)cc3)n(C)c2cc1C. The molecule has 1 heterocycles. The first-order valence-corrected chi connectivity index (χ1v) is 10.6. The van der Waals surface area contributed by atoms with Crippen LogP contribution in [0.5, 0.6) is 0 Å². The van der Waals surface area contributed by atoms with E-state index in [1.165, 1.54) is 60.8 Å². The molecule has 0 saturated carbocycles. The summed E-state index contributed by atoms with van der Waals surface area (Å²) in [5.74, 6) is -0.403. The van der Waals surface area contributed by atoms with E-state index in [-0.39, 0.29) is 4.90 Å². The van der Waals surface area contributed by atoms with Crippen molar-refractivity contribution in [3.63, 3.8) is 0 Å². The Hall–Kier alpha value is -2.29. The van der Waals surface area contributed by atoms with E-state index in [1.54, 1.807) is 0 Å². The summed E-state index contributed by atoms with van der Waals surface area (Å²) in [5.41, 5.74) is 3.76. The van der Waals surface area contributed by atoms with Gasteiger partial charge < -0.3 is 4.57 Å². The maximum Gasteiger partial charge on any atom is 0.279 e. The molecular formula is C19H21N3O3S2. The highest BCUT2D eigenvalue weighted by atomic mass is 32.2. The zero-order chi connectivity index (χ0) is 19.9. The van der Waals surface area contributed by atoms with E-state index in [0.717, 1.165) is 14.5 Å². The highest BCUT2D eigenvalue weighted by Gasteiger charge is 2.17. The van der Waals surface area contributed by atoms with Gasteiger partial charge in [-0.3, -0.25) is 4.79 Å². The van der Waals surface area contributed by atoms with E-state index in [4.69, 9.17) is 0 Å². The second-order valence-electron chi connectivity index (χ2n) is 6.58. The molecule has 0 aliphatic rings. The number of amides is 1. The molecule has 0 atom stereocenters. The maximum absolute atomic E-state index is 12.5. The Morgan fingerprint density at radius 2 is 1.67 bits per heavy atom. The molecule has 8 heteroatoms. The molecule has 0 aliphatic heterocycles. The number of hydrogen-bond donors (Lipinski definition) is 0. The van der Waals surface area contributed by atoms with Crippen LogP contribution in [0.4, 0.5) is 0 Å². The van der Waals surface area contributed by atoms with Crippen LogP contribution in [0, 0.1) is 13.8 Å². The lowest BCUT2D eigenvalue weighted by Crippen LogP contribution is -2.22. The molecule has 0 fully saturated rings. The normalized spacial score (nSPS) is 12.9. The number of rotatable bonds is 3. The number of carbonyl (C=O) groups is 1. The van der Waals surface area contributed by atoms with Gasteiger partial charge in [-0.25, -0.2) is 12.7 Å². The van der Waals surface area contributed by atoms with Crippen molar-refractivity contribution in [2.24, 2.45) is 12.0 Å². The quantitative estimate of drug-likeness (QED) is 0.675. The molecule has 6 nitrogen and oxygen atoms in total. The van der Waals surface area contributed by atoms with E-state index in [1.807, 2.05) is 11.6 Å². The van der Waals surface area contributed by atoms with Crippen molar-refractivity contribution < 1.29 is 13.2 Å². The van der Waals surface area contributed by atoms with Gasteiger partial charge in [-0.15, -0.1) is 0 Å². The summed E-state index contributed by atoms with van der Waals surface area (Å²) in [6, 6.07) is 10.0. The van der Waals surface area contributed by atoms with E-state index in [0.29, 0.717) is 10.4 Å². The number of thiazole rings is 1. The summed E-state index contributed by atoms with van der Waals surface area (Å²) in [7, 11) is 1.29. The van der Waals surface area contributed by atoms with Crippen molar-refractivity contribution in [1.82, 2.24) is 8.87 Å². The summed E-state index contributed by atoms with van der Waals surface area (Å²) >= 11 is 1.45. The third kappa shape index (κ3) is 3.60. The lowest BCUT2D eigenvalue weighted by Gasteiger charge is -2.11. The average Bonchev–Trinajstić information content (AvgIpc) is 2.90. The molecule has 0 saturated heterocycles. The van der Waals surface area contributed by atoms with Crippen LogP contribution in [-0.2, 0) is 17.1 Å². The number of sulfonamides is 1.